The highest BCUT2D eigenvalue weighted by molar-refractivity contribution is 6.02. The van der Waals surface area contributed by atoms with Crippen LogP contribution in [-0.4, -0.2) is 36.8 Å². The predicted molar refractivity (Wildman–Crippen MR) is 150 cm³/mol. The molecule has 11 heteroatoms. The number of hydrogen-bond acceptors (Lipinski definition) is 8. The Morgan fingerprint density at radius 3 is 2.38 bits per heavy atom. The lowest BCUT2D eigenvalue weighted by atomic mass is 9.96. The smallest absolute Gasteiger partial charge is 0.484 e. The molecule has 1 atom stereocenters. The van der Waals surface area contributed by atoms with Crippen LogP contribution in [0.25, 0.3) is 11.0 Å². The summed E-state index contributed by atoms with van der Waals surface area (Å²) in [5, 5.41) is 3.44. The van der Waals surface area contributed by atoms with E-state index in [0.717, 1.165) is 11.3 Å². The minimum absolute atomic E-state index is 0.134. The molecule has 1 N–H and O–H groups in total. The van der Waals surface area contributed by atoms with Gasteiger partial charge in [-0.15, -0.1) is 0 Å². The Bertz CT molecular complexity index is 1710. The number of esters is 2. The summed E-state index contributed by atoms with van der Waals surface area (Å²) in [5.41, 5.74) is 0.841. The van der Waals surface area contributed by atoms with E-state index >= 15 is 0 Å². The molecule has 0 aliphatic carbocycles. The van der Waals surface area contributed by atoms with Gasteiger partial charge in [0.15, 0.2) is 11.3 Å². The van der Waals surface area contributed by atoms with Crippen LogP contribution >= 0.6 is 0 Å². The van der Waals surface area contributed by atoms with Gasteiger partial charge in [-0.05, 0) is 56.7 Å². The van der Waals surface area contributed by atoms with Crippen LogP contribution in [0, 0.1) is 6.92 Å². The van der Waals surface area contributed by atoms with Crippen molar-refractivity contribution in [3.8, 4) is 5.75 Å². The largest absolute Gasteiger partial charge is 0.491 e. The molecule has 4 aromatic rings. The number of hydrogen-bond donors (Lipinski definition) is 1. The van der Waals surface area contributed by atoms with Gasteiger partial charge in [-0.1, -0.05) is 36.4 Å². The van der Waals surface area contributed by atoms with Crippen molar-refractivity contribution in [2.45, 2.75) is 38.6 Å². The number of nitrogens with zero attached hydrogens (tertiary/aromatic N) is 1. The number of ether oxygens (including phenoxy) is 2. The fourth-order valence-electron chi connectivity index (χ4n) is 4.95. The van der Waals surface area contributed by atoms with Gasteiger partial charge in [0.2, 0.25) is 0 Å². The van der Waals surface area contributed by atoms with Crippen molar-refractivity contribution < 1.29 is 36.7 Å². The molecule has 3 aromatic carbocycles. The molecular weight excluding hydrogens is 553 g/mol. The molecule has 1 aromatic heterocycles. The maximum absolute atomic E-state index is 13.2. The van der Waals surface area contributed by atoms with E-state index in [1.165, 1.54) is 24.3 Å². The monoisotopic (exact) mass is 580 g/mol. The molecule has 1 unspecified atom stereocenters. The zero-order chi connectivity index (χ0) is 30.2. The summed E-state index contributed by atoms with van der Waals surface area (Å²) >= 11 is 0. The fraction of sp³-hybridized carbons (Fsp3) is 0.258. The van der Waals surface area contributed by atoms with Gasteiger partial charge >= 0.3 is 18.1 Å². The molecule has 0 spiro atoms. The Morgan fingerprint density at radius 2 is 1.69 bits per heavy atom. The highest BCUT2D eigenvalue weighted by Gasteiger charge is 2.43. The summed E-state index contributed by atoms with van der Waals surface area (Å²) in [4.78, 5) is 38.7. The maximum Gasteiger partial charge on any atom is 0.491 e. The third-order valence-electron chi connectivity index (χ3n) is 6.86. The Balaban J connectivity index is 1.41. The first-order valence-electron chi connectivity index (χ1n) is 13.1. The average molecular weight is 581 g/mol. The van der Waals surface area contributed by atoms with Crippen molar-refractivity contribution in [2.24, 2.45) is 0 Å². The normalized spacial score (nSPS) is 15.0. The standard InChI is InChI=1S/C31H27F3N2O6/c1-18-13-22(19(2)35-24-12-8-7-11-21(24)28(38)41-29(39)31(32,33)34)27-23(14-18)25(37)15-26(40-27)36-16-30(3,17-36)42-20-9-5-4-6-10-20/h4-15,19,35H,16-17H2,1-3H3. The van der Waals surface area contributed by atoms with E-state index < -0.39 is 29.8 Å². The predicted octanol–water partition coefficient (Wildman–Crippen LogP) is 6.18. The summed E-state index contributed by atoms with van der Waals surface area (Å²) in [6.07, 6.45) is -5.32. The van der Waals surface area contributed by atoms with Crippen LogP contribution in [0.3, 0.4) is 0 Å². The van der Waals surface area contributed by atoms with Gasteiger partial charge in [0, 0.05) is 17.3 Å². The number of fused-ring (bicyclic) bond motifs is 1. The number of aryl methyl sites for hydroxylation is 1. The molecule has 1 aliphatic heterocycles. The maximum atomic E-state index is 13.2. The molecule has 0 bridgehead atoms. The molecule has 0 radical (unpaired) electrons. The zero-order valence-electron chi connectivity index (χ0n) is 23.0. The summed E-state index contributed by atoms with van der Waals surface area (Å²) in [6, 6.07) is 19.5. The number of anilines is 2. The molecule has 0 amide bonds. The van der Waals surface area contributed by atoms with Crippen molar-refractivity contribution in [1.29, 1.82) is 0 Å². The lowest BCUT2D eigenvalue weighted by Gasteiger charge is -2.47. The number of alkyl halides is 3. The Labute approximate surface area is 238 Å². The van der Waals surface area contributed by atoms with Crippen molar-refractivity contribution >= 4 is 34.5 Å². The van der Waals surface area contributed by atoms with Crippen LogP contribution in [-0.2, 0) is 9.53 Å². The minimum atomic E-state index is -5.32. The summed E-state index contributed by atoms with van der Waals surface area (Å²) in [7, 11) is 0. The SMILES string of the molecule is Cc1cc(C(C)Nc2ccccc2C(=O)OC(=O)C(F)(F)F)c2oc(N3CC(C)(Oc4ccccc4)C3)cc(=O)c2c1. The average Bonchev–Trinajstić information content (AvgIpc) is 2.91. The quantitative estimate of drug-likeness (QED) is 0.205. The molecule has 1 saturated heterocycles. The van der Waals surface area contributed by atoms with Gasteiger partial charge in [-0.3, -0.25) is 4.79 Å². The number of carbonyl (C=O) groups is 2. The van der Waals surface area contributed by atoms with Crippen LogP contribution < -0.4 is 20.4 Å². The van der Waals surface area contributed by atoms with Gasteiger partial charge in [0.25, 0.3) is 0 Å². The number of nitrogens with one attached hydrogen (secondary N) is 1. The van der Waals surface area contributed by atoms with Crippen LogP contribution in [0.2, 0.25) is 0 Å². The second-order valence-corrected chi connectivity index (χ2v) is 10.5. The van der Waals surface area contributed by atoms with E-state index in [4.69, 9.17) is 9.15 Å². The minimum Gasteiger partial charge on any atom is -0.484 e. The van der Waals surface area contributed by atoms with E-state index in [1.807, 2.05) is 55.1 Å². The second-order valence-electron chi connectivity index (χ2n) is 10.5. The van der Waals surface area contributed by atoms with Crippen molar-refractivity contribution in [1.82, 2.24) is 0 Å². The number of carbonyl (C=O) groups excluding carboxylic acids is 2. The zero-order valence-corrected chi connectivity index (χ0v) is 23.0. The van der Waals surface area contributed by atoms with E-state index in [9.17, 15) is 27.6 Å². The number of rotatable bonds is 7. The van der Waals surface area contributed by atoms with E-state index in [0.29, 0.717) is 35.5 Å². The first-order chi connectivity index (χ1) is 19.8. The van der Waals surface area contributed by atoms with Crippen molar-refractivity contribution in [3.63, 3.8) is 0 Å². The third kappa shape index (κ3) is 5.95. The number of benzene rings is 3. The second kappa shape index (κ2) is 10.9. The van der Waals surface area contributed by atoms with Gasteiger partial charge in [-0.25, -0.2) is 9.59 Å². The highest BCUT2D eigenvalue weighted by Crippen LogP contribution is 2.35. The van der Waals surface area contributed by atoms with E-state index in [-0.39, 0.29) is 16.7 Å². The topological polar surface area (TPSA) is 98.1 Å². The molecule has 1 fully saturated rings. The number of para-hydroxylation sites is 2. The first-order valence-corrected chi connectivity index (χ1v) is 13.1. The van der Waals surface area contributed by atoms with Crippen molar-refractivity contribution in [2.75, 3.05) is 23.3 Å². The molecule has 2 heterocycles. The van der Waals surface area contributed by atoms with Crippen LogP contribution in [0.15, 0.2) is 82.0 Å². The van der Waals surface area contributed by atoms with E-state index in [1.54, 1.807) is 19.1 Å². The highest BCUT2D eigenvalue weighted by atomic mass is 19.4. The van der Waals surface area contributed by atoms with Crippen LogP contribution in [0.1, 0.15) is 41.4 Å². The Morgan fingerprint density at radius 1 is 1.02 bits per heavy atom. The van der Waals surface area contributed by atoms with E-state index in [2.05, 4.69) is 10.1 Å². The molecule has 1 aliphatic rings. The Hall–Kier alpha value is -4.80. The molecule has 218 valence electrons. The summed E-state index contributed by atoms with van der Waals surface area (Å²) in [6.45, 7) is 6.51. The first kappa shape index (κ1) is 28.7. The van der Waals surface area contributed by atoms with Crippen LogP contribution in [0.4, 0.5) is 24.7 Å². The molecular formula is C31H27F3N2O6. The van der Waals surface area contributed by atoms with Gasteiger partial charge < -0.3 is 24.1 Å². The number of halogens is 3. The third-order valence-corrected chi connectivity index (χ3v) is 6.86. The summed E-state index contributed by atoms with van der Waals surface area (Å²) < 4.78 is 54.4. The lowest BCUT2D eigenvalue weighted by Crippen LogP contribution is -2.63. The fourth-order valence-corrected chi connectivity index (χ4v) is 4.95. The van der Waals surface area contributed by atoms with Gasteiger partial charge in [0.1, 0.15) is 16.9 Å². The Kier molecular flexibility index (Phi) is 7.44. The van der Waals surface area contributed by atoms with Crippen molar-refractivity contribution in [3.05, 3.63) is 99.7 Å². The van der Waals surface area contributed by atoms with Crippen LogP contribution in [0.5, 0.6) is 5.75 Å². The molecule has 5 rings (SSSR count). The van der Waals surface area contributed by atoms with Gasteiger partial charge in [-0.2, -0.15) is 13.2 Å². The molecule has 42 heavy (non-hydrogen) atoms. The lowest BCUT2D eigenvalue weighted by molar-refractivity contribution is -0.193. The summed E-state index contributed by atoms with van der Waals surface area (Å²) in [5.74, 6) is -2.95. The van der Waals surface area contributed by atoms with Gasteiger partial charge in [0.05, 0.1) is 30.1 Å². The molecule has 8 nitrogen and oxygen atoms in total. The molecule has 0 saturated carbocycles.